The maximum absolute atomic E-state index is 12.3. The van der Waals surface area contributed by atoms with Crippen molar-refractivity contribution in [1.29, 1.82) is 0 Å². The molecule has 2 nitrogen and oxygen atoms in total. The van der Waals surface area contributed by atoms with Crippen LogP contribution in [0.3, 0.4) is 0 Å². The molecule has 1 amide bonds. The summed E-state index contributed by atoms with van der Waals surface area (Å²) in [6.07, 6.45) is 0. The average molecular weight is 327 g/mol. The van der Waals surface area contributed by atoms with E-state index in [1.54, 1.807) is 4.90 Å². The zero-order valence-electron chi connectivity index (χ0n) is 12.6. The summed E-state index contributed by atoms with van der Waals surface area (Å²) >= 11 is 6.87. The molecule has 4 heteroatoms. The first-order valence-corrected chi connectivity index (χ1v) is 8.58. The lowest BCUT2D eigenvalue weighted by molar-refractivity contribution is -0.125. The number of carbonyl (C=O) groups excluding carboxylic acids is 1. The van der Waals surface area contributed by atoms with Crippen LogP contribution in [0.25, 0.3) is 0 Å². The second-order valence-corrected chi connectivity index (χ2v) is 7.08. The van der Waals surface area contributed by atoms with E-state index in [1.807, 2.05) is 18.2 Å². The van der Waals surface area contributed by atoms with Crippen LogP contribution in [0.1, 0.15) is 28.3 Å². The SMILES string of the molecule is Cc1ccc(C(c2ccccc2)N2C(=O)CSC2=S)cc1C. The van der Waals surface area contributed by atoms with Crippen LogP contribution in [-0.4, -0.2) is 20.9 Å². The summed E-state index contributed by atoms with van der Waals surface area (Å²) in [6, 6.07) is 16.3. The number of carbonyl (C=O) groups is 1. The Labute approximate surface area is 140 Å². The highest BCUT2D eigenvalue weighted by atomic mass is 32.2. The third-order valence-electron chi connectivity index (χ3n) is 4.00. The topological polar surface area (TPSA) is 20.3 Å². The fourth-order valence-corrected chi connectivity index (χ4v) is 3.79. The van der Waals surface area contributed by atoms with Crippen molar-refractivity contribution in [3.63, 3.8) is 0 Å². The van der Waals surface area contributed by atoms with E-state index in [2.05, 4.69) is 44.2 Å². The maximum atomic E-state index is 12.3. The molecule has 1 heterocycles. The van der Waals surface area contributed by atoms with Crippen molar-refractivity contribution in [1.82, 2.24) is 4.90 Å². The molecule has 2 aromatic carbocycles. The Bertz CT molecular complexity index is 711. The molecule has 0 spiro atoms. The average Bonchev–Trinajstić information content (AvgIpc) is 2.84. The molecule has 1 saturated heterocycles. The summed E-state index contributed by atoms with van der Waals surface area (Å²) in [6.45, 7) is 4.19. The van der Waals surface area contributed by atoms with Crippen LogP contribution < -0.4 is 0 Å². The first-order chi connectivity index (χ1) is 10.6. The highest BCUT2D eigenvalue weighted by Gasteiger charge is 2.35. The molecule has 1 fully saturated rings. The molecule has 3 rings (SSSR count). The van der Waals surface area contributed by atoms with E-state index in [0.717, 1.165) is 11.1 Å². The Morgan fingerprint density at radius 2 is 1.77 bits per heavy atom. The fraction of sp³-hybridized carbons (Fsp3) is 0.222. The Kier molecular flexibility index (Phi) is 4.32. The van der Waals surface area contributed by atoms with Gasteiger partial charge >= 0.3 is 0 Å². The summed E-state index contributed by atoms with van der Waals surface area (Å²) in [5.74, 6) is 0.523. The van der Waals surface area contributed by atoms with E-state index in [9.17, 15) is 4.79 Å². The van der Waals surface area contributed by atoms with Gasteiger partial charge in [-0.3, -0.25) is 9.69 Å². The first-order valence-electron chi connectivity index (χ1n) is 7.19. The third kappa shape index (κ3) is 2.81. The Morgan fingerprint density at radius 3 is 2.36 bits per heavy atom. The molecule has 2 aromatic rings. The van der Waals surface area contributed by atoms with E-state index in [4.69, 9.17) is 12.2 Å². The number of benzene rings is 2. The number of aryl methyl sites for hydroxylation is 2. The minimum absolute atomic E-state index is 0.0853. The van der Waals surface area contributed by atoms with Crippen molar-refractivity contribution in [2.24, 2.45) is 0 Å². The summed E-state index contributed by atoms with van der Waals surface area (Å²) in [5.41, 5.74) is 4.67. The Balaban J connectivity index is 2.12. The van der Waals surface area contributed by atoms with Gasteiger partial charge in [0.1, 0.15) is 4.32 Å². The Morgan fingerprint density at radius 1 is 1.05 bits per heavy atom. The van der Waals surface area contributed by atoms with Gasteiger partial charge in [0.2, 0.25) is 5.91 Å². The quantitative estimate of drug-likeness (QED) is 0.786. The van der Waals surface area contributed by atoms with E-state index in [0.29, 0.717) is 10.1 Å². The van der Waals surface area contributed by atoms with Gasteiger partial charge in [-0.15, -0.1) is 0 Å². The highest BCUT2D eigenvalue weighted by molar-refractivity contribution is 8.23. The van der Waals surface area contributed by atoms with E-state index in [-0.39, 0.29) is 11.9 Å². The molecule has 0 radical (unpaired) electrons. The maximum Gasteiger partial charge on any atom is 0.239 e. The van der Waals surface area contributed by atoms with Gasteiger partial charge in [-0.25, -0.2) is 0 Å². The summed E-state index contributed by atoms with van der Waals surface area (Å²) < 4.78 is 0.664. The van der Waals surface area contributed by atoms with E-state index >= 15 is 0 Å². The van der Waals surface area contributed by atoms with Gasteiger partial charge < -0.3 is 0 Å². The minimum Gasteiger partial charge on any atom is -0.285 e. The van der Waals surface area contributed by atoms with E-state index in [1.165, 1.54) is 22.9 Å². The van der Waals surface area contributed by atoms with Crippen molar-refractivity contribution in [2.45, 2.75) is 19.9 Å². The molecule has 1 atom stereocenters. The Hall–Kier alpha value is -1.65. The number of hydrogen-bond acceptors (Lipinski definition) is 3. The van der Waals surface area contributed by atoms with Crippen LogP contribution in [0.5, 0.6) is 0 Å². The summed E-state index contributed by atoms with van der Waals surface area (Å²) in [7, 11) is 0. The molecule has 1 aliphatic rings. The number of thiocarbonyl (C=S) groups is 1. The molecule has 1 unspecified atom stereocenters. The van der Waals surface area contributed by atoms with Gasteiger partial charge in [0.05, 0.1) is 11.8 Å². The number of thioether (sulfide) groups is 1. The van der Waals surface area contributed by atoms with Crippen molar-refractivity contribution in [3.05, 3.63) is 70.8 Å². The van der Waals surface area contributed by atoms with Crippen LogP contribution in [0, 0.1) is 13.8 Å². The van der Waals surface area contributed by atoms with Gasteiger partial charge in [0.15, 0.2) is 0 Å². The van der Waals surface area contributed by atoms with Gasteiger partial charge in [-0.1, -0.05) is 72.5 Å². The third-order valence-corrected chi connectivity index (χ3v) is 5.39. The first kappa shape index (κ1) is 15.3. The van der Waals surface area contributed by atoms with Gasteiger partial charge in [0.25, 0.3) is 0 Å². The molecule has 112 valence electrons. The summed E-state index contributed by atoms with van der Waals surface area (Å²) in [5, 5.41) is 0. The van der Waals surface area contributed by atoms with Crippen LogP contribution in [0.4, 0.5) is 0 Å². The number of hydrogen-bond donors (Lipinski definition) is 0. The monoisotopic (exact) mass is 327 g/mol. The van der Waals surface area contributed by atoms with Crippen LogP contribution in [-0.2, 0) is 4.79 Å². The largest absolute Gasteiger partial charge is 0.285 e. The lowest BCUT2D eigenvalue weighted by Gasteiger charge is -2.28. The molecule has 0 aromatic heterocycles. The zero-order valence-corrected chi connectivity index (χ0v) is 14.2. The van der Waals surface area contributed by atoms with Crippen LogP contribution in [0.2, 0.25) is 0 Å². The molecule has 0 N–H and O–H groups in total. The lowest BCUT2D eigenvalue weighted by atomic mass is 9.94. The van der Waals surface area contributed by atoms with Crippen LogP contribution >= 0.6 is 24.0 Å². The smallest absolute Gasteiger partial charge is 0.239 e. The summed E-state index contributed by atoms with van der Waals surface area (Å²) in [4.78, 5) is 14.1. The molecule has 0 saturated carbocycles. The van der Waals surface area contributed by atoms with Crippen LogP contribution in [0.15, 0.2) is 48.5 Å². The normalized spacial score (nSPS) is 16.2. The standard InChI is InChI=1S/C18H17NOS2/c1-12-8-9-15(10-13(12)2)17(14-6-4-3-5-7-14)19-16(20)11-22-18(19)21/h3-10,17H,11H2,1-2H3. The predicted molar refractivity (Wildman–Crippen MR) is 96.1 cm³/mol. The predicted octanol–water partition coefficient (Wildman–Crippen LogP) is 4.25. The minimum atomic E-state index is -0.143. The van der Waals surface area contributed by atoms with Crippen molar-refractivity contribution >= 4 is 34.2 Å². The van der Waals surface area contributed by atoms with E-state index < -0.39 is 0 Å². The van der Waals surface area contributed by atoms with Gasteiger partial charge in [-0.05, 0) is 36.1 Å². The van der Waals surface area contributed by atoms with Gasteiger partial charge in [-0.2, -0.15) is 0 Å². The number of rotatable bonds is 3. The number of nitrogens with zero attached hydrogens (tertiary/aromatic N) is 1. The number of amides is 1. The molecule has 0 aliphatic carbocycles. The van der Waals surface area contributed by atoms with Gasteiger partial charge in [0, 0.05) is 0 Å². The lowest BCUT2D eigenvalue weighted by Crippen LogP contribution is -2.33. The molecule has 1 aliphatic heterocycles. The van der Waals surface area contributed by atoms with Crippen molar-refractivity contribution in [3.8, 4) is 0 Å². The molecular formula is C18H17NOS2. The second-order valence-electron chi connectivity index (χ2n) is 5.48. The molecule has 22 heavy (non-hydrogen) atoms. The molecule has 0 bridgehead atoms. The fourth-order valence-electron chi connectivity index (χ4n) is 2.67. The van der Waals surface area contributed by atoms with Crippen molar-refractivity contribution in [2.75, 3.05) is 5.75 Å². The highest BCUT2D eigenvalue weighted by Crippen LogP contribution is 2.35. The van der Waals surface area contributed by atoms with Crippen molar-refractivity contribution < 1.29 is 4.79 Å². The second kappa shape index (κ2) is 6.23. The zero-order chi connectivity index (χ0) is 15.7. The molecular weight excluding hydrogens is 310 g/mol.